The topological polar surface area (TPSA) is 90.9 Å². The molecule has 0 aromatic heterocycles. The smallest absolute Gasteiger partial charge is 0.454 e. The third kappa shape index (κ3) is 5.82. The highest BCUT2D eigenvalue weighted by Gasteiger charge is 2.46. The minimum atomic E-state index is -5.58. The van der Waals surface area contributed by atoms with Crippen LogP contribution < -0.4 is 14.2 Å². The molecule has 2 atom stereocenters. The third-order valence-corrected chi connectivity index (χ3v) is 7.25. The van der Waals surface area contributed by atoms with Crippen LogP contribution >= 0.6 is 15.9 Å². The number of hydrogen-bond donors (Lipinski definition) is 1. The number of benzene rings is 3. The number of alkyl halides is 4. The summed E-state index contributed by atoms with van der Waals surface area (Å²) >= 11 is 3.20. The van der Waals surface area contributed by atoms with Crippen LogP contribution in [0, 0.1) is 0 Å². The lowest BCUT2D eigenvalue weighted by atomic mass is 10.00. The maximum Gasteiger partial charge on any atom is 0.511 e. The molecule has 0 spiro atoms. The maximum atomic E-state index is 12.8. The molecule has 0 saturated carbocycles. The quantitative estimate of drug-likeness (QED) is 0.289. The van der Waals surface area contributed by atoms with Crippen molar-refractivity contribution in [2.45, 2.75) is 16.4 Å². The number of carbonyl (C=O) groups is 1. The second-order valence-electron chi connectivity index (χ2n) is 7.70. The van der Waals surface area contributed by atoms with E-state index in [-0.39, 0.29) is 12.4 Å². The summed E-state index contributed by atoms with van der Waals surface area (Å²) in [6, 6.07) is 20.2. The molecule has 1 aliphatic heterocycles. The van der Waals surface area contributed by atoms with Gasteiger partial charge in [-0.2, -0.15) is 13.2 Å². The summed E-state index contributed by atoms with van der Waals surface area (Å²) in [5, 5.41) is 0. The van der Waals surface area contributed by atoms with Crippen LogP contribution in [0.4, 0.5) is 13.2 Å². The van der Waals surface area contributed by atoms with Crippen LogP contribution in [0.2, 0.25) is 0 Å². The molecule has 0 amide bonds. The Morgan fingerprint density at radius 2 is 1.61 bits per heavy atom. The van der Waals surface area contributed by atoms with E-state index in [9.17, 15) is 26.4 Å². The van der Waals surface area contributed by atoms with Crippen molar-refractivity contribution in [3.63, 3.8) is 0 Å². The van der Waals surface area contributed by atoms with E-state index in [1.807, 2.05) is 12.1 Å². The Morgan fingerprint density at radius 3 is 2.28 bits per heavy atom. The molecule has 12 heteroatoms. The summed E-state index contributed by atoms with van der Waals surface area (Å²) in [6.07, 6.45) is -1.11. The molecular weight excluding hydrogens is 567 g/mol. The second kappa shape index (κ2) is 10.5. The van der Waals surface area contributed by atoms with Gasteiger partial charge in [-0.25, -0.2) is 17.9 Å². The minimum absolute atomic E-state index is 0.136. The lowest BCUT2D eigenvalue weighted by molar-refractivity contribution is -0.0448. The van der Waals surface area contributed by atoms with E-state index in [1.54, 1.807) is 48.5 Å². The average Bonchev–Trinajstić information content (AvgIpc) is 3.34. The lowest BCUT2D eigenvalue weighted by Gasteiger charge is -2.24. The first kappa shape index (κ1) is 26.0. The van der Waals surface area contributed by atoms with E-state index < -0.39 is 39.0 Å². The van der Waals surface area contributed by atoms with E-state index in [0.717, 1.165) is 11.1 Å². The summed E-state index contributed by atoms with van der Waals surface area (Å²) < 4.78 is 79.0. The number of esters is 1. The fraction of sp³-hybridized carbons (Fsp3) is 0.208. The maximum absolute atomic E-state index is 12.8. The van der Waals surface area contributed by atoms with Gasteiger partial charge in [0.15, 0.2) is 11.5 Å². The molecule has 36 heavy (non-hydrogen) atoms. The van der Waals surface area contributed by atoms with E-state index in [4.69, 9.17) is 14.2 Å². The van der Waals surface area contributed by atoms with Gasteiger partial charge in [0.2, 0.25) is 6.79 Å². The Morgan fingerprint density at radius 1 is 0.972 bits per heavy atom. The zero-order chi connectivity index (χ0) is 25.9. The normalized spacial score (nSPS) is 14.8. The highest BCUT2D eigenvalue weighted by molar-refractivity contribution is 9.09. The van der Waals surface area contributed by atoms with Crippen molar-refractivity contribution in [2.75, 3.05) is 13.3 Å². The SMILES string of the molecule is O=C(O[C@@H](c1ccc(-c2ccc3c(c2)OCO3)cc1)[C@H](Br)CNS(=O)(=O)C(F)(F)F)c1ccccc1. The number of fused-ring (bicyclic) bond motifs is 1. The Hall–Kier alpha value is -3.09. The summed E-state index contributed by atoms with van der Waals surface area (Å²) in [5.41, 5.74) is -3.17. The molecule has 4 rings (SSSR count). The number of halogens is 4. The summed E-state index contributed by atoms with van der Waals surface area (Å²) in [5.74, 6) is 0.513. The number of hydrogen-bond acceptors (Lipinski definition) is 6. The molecule has 0 fully saturated rings. The van der Waals surface area contributed by atoms with Crippen molar-refractivity contribution in [1.82, 2.24) is 4.72 Å². The van der Waals surface area contributed by atoms with Gasteiger partial charge in [-0.05, 0) is 41.0 Å². The molecule has 1 heterocycles. The fourth-order valence-electron chi connectivity index (χ4n) is 3.43. The number of sulfonamides is 1. The average molecular weight is 586 g/mol. The summed E-state index contributed by atoms with van der Waals surface area (Å²) in [4.78, 5) is 11.7. The molecule has 0 bridgehead atoms. The molecule has 190 valence electrons. The predicted molar refractivity (Wildman–Crippen MR) is 128 cm³/mol. The molecule has 3 aromatic rings. The van der Waals surface area contributed by atoms with Gasteiger partial charge in [-0.15, -0.1) is 0 Å². The predicted octanol–water partition coefficient (Wildman–Crippen LogP) is 5.18. The van der Waals surface area contributed by atoms with Crippen molar-refractivity contribution in [2.24, 2.45) is 0 Å². The lowest BCUT2D eigenvalue weighted by Crippen LogP contribution is -2.40. The number of rotatable bonds is 8. The van der Waals surface area contributed by atoms with Crippen LogP contribution in [0.15, 0.2) is 72.8 Å². The highest BCUT2D eigenvalue weighted by Crippen LogP contribution is 2.37. The summed E-state index contributed by atoms with van der Waals surface area (Å²) in [6.45, 7) is -0.546. The van der Waals surface area contributed by atoms with Gasteiger partial charge in [-0.1, -0.05) is 64.5 Å². The Labute approximate surface area is 213 Å². The van der Waals surface area contributed by atoms with Gasteiger partial charge in [0, 0.05) is 6.54 Å². The Kier molecular flexibility index (Phi) is 7.57. The monoisotopic (exact) mass is 585 g/mol. The Balaban J connectivity index is 1.58. The third-order valence-electron chi connectivity index (χ3n) is 5.29. The van der Waals surface area contributed by atoms with Crippen molar-refractivity contribution in [3.05, 3.63) is 83.9 Å². The van der Waals surface area contributed by atoms with Gasteiger partial charge in [0.1, 0.15) is 6.10 Å². The first-order chi connectivity index (χ1) is 17.0. The van der Waals surface area contributed by atoms with E-state index >= 15 is 0 Å². The zero-order valence-electron chi connectivity index (χ0n) is 18.4. The van der Waals surface area contributed by atoms with Gasteiger partial charge in [0.05, 0.1) is 10.4 Å². The van der Waals surface area contributed by atoms with Crippen LogP contribution in [0.5, 0.6) is 11.5 Å². The molecule has 3 aromatic carbocycles. The first-order valence-corrected chi connectivity index (χ1v) is 12.9. The molecule has 1 aliphatic rings. The molecular formula is C24H19BrF3NO6S. The van der Waals surface area contributed by atoms with Crippen molar-refractivity contribution in [1.29, 1.82) is 0 Å². The van der Waals surface area contributed by atoms with E-state index in [0.29, 0.717) is 17.1 Å². The molecule has 0 unspecified atom stereocenters. The first-order valence-electron chi connectivity index (χ1n) is 10.5. The van der Waals surface area contributed by atoms with Gasteiger partial charge < -0.3 is 14.2 Å². The van der Waals surface area contributed by atoms with Gasteiger partial charge >= 0.3 is 21.5 Å². The van der Waals surface area contributed by atoms with Crippen LogP contribution in [0.25, 0.3) is 11.1 Å². The van der Waals surface area contributed by atoms with Crippen molar-refractivity contribution in [3.8, 4) is 22.6 Å². The van der Waals surface area contributed by atoms with E-state index in [2.05, 4.69) is 15.9 Å². The van der Waals surface area contributed by atoms with Crippen LogP contribution in [-0.2, 0) is 14.8 Å². The van der Waals surface area contributed by atoms with Crippen molar-refractivity contribution >= 4 is 31.9 Å². The second-order valence-corrected chi connectivity index (χ2v) is 10.6. The van der Waals surface area contributed by atoms with Crippen LogP contribution in [-0.4, -0.2) is 38.1 Å². The minimum Gasteiger partial charge on any atom is -0.454 e. The number of nitrogens with one attached hydrogen (secondary N) is 1. The summed E-state index contributed by atoms with van der Waals surface area (Å²) in [7, 11) is -5.58. The Bertz CT molecular complexity index is 1330. The standard InChI is InChI=1S/C24H19BrF3NO6S/c25-19(13-29-36(31,32)24(26,27)28)22(35-23(30)17-4-2-1-3-5-17)16-8-6-15(7-9-16)18-10-11-20-21(12-18)34-14-33-20/h1-12,19,22,29H,13-14H2/t19-,22+/m1/s1. The largest absolute Gasteiger partial charge is 0.511 e. The van der Waals surface area contributed by atoms with Gasteiger partial charge in [-0.3, -0.25) is 0 Å². The highest BCUT2D eigenvalue weighted by atomic mass is 79.9. The molecule has 1 N–H and O–H groups in total. The van der Waals surface area contributed by atoms with E-state index in [1.165, 1.54) is 16.9 Å². The number of ether oxygens (including phenoxy) is 3. The molecule has 0 saturated heterocycles. The zero-order valence-corrected chi connectivity index (χ0v) is 20.8. The fourth-order valence-corrected chi connectivity index (χ4v) is 4.78. The van der Waals surface area contributed by atoms with Crippen molar-refractivity contribution < 1.29 is 40.6 Å². The molecule has 0 aliphatic carbocycles. The number of carbonyl (C=O) groups excluding carboxylic acids is 1. The molecule has 7 nitrogen and oxygen atoms in total. The molecule has 0 radical (unpaired) electrons. The van der Waals surface area contributed by atoms with Crippen LogP contribution in [0.3, 0.4) is 0 Å². The van der Waals surface area contributed by atoms with Gasteiger partial charge in [0.25, 0.3) is 0 Å². The van der Waals surface area contributed by atoms with Crippen LogP contribution in [0.1, 0.15) is 22.0 Å².